The van der Waals surface area contributed by atoms with Gasteiger partial charge in [0.15, 0.2) is 11.6 Å². The van der Waals surface area contributed by atoms with E-state index in [2.05, 4.69) is 10.3 Å². The third-order valence-electron chi connectivity index (χ3n) is 3.94. The summed E-state index contributed by atoms with van der Waals surface area (Å²) in [5, 5.41) is 4.77. The van der Waals surface area contributed by atoms with Gasteiger partial charge in [-0.2, -0.15) is 0 Å². The van der Waals surface area contributed by atoms with Crippen molar-refractivity contribution >= 4 is 39.4 Å². The summed E-state index contributed by atoms with van der Waals surface area (Å²) < 4.78 is 11.2. The monoisotopic (exact) mass is 353 g/mol. The van der Waals surface area contributed by atoms with E-state index in [4.69, 9.17) is 25.7 Å². The summed E-state index contributed by atoms with van der Waals surface area (Å²) in [6.45, 7) is 2.73. The molecule has 0 aliphatic heterocycles. The Bertz CT molecular complexity index is 1040. The number of ether oxygens (including phenoxy) is 1. The highest BCUT2D eigenvalue weighted by molar-refractivity contribution is 6.32. The van der Waals surface area contributed by atoms with Gasteiger partial charge in [0.25, 0.3) is 0 Å². The van der Waals surface area contributed by atoms with Crippen molar-refractivity contribution in [2.75, 3.05) is 19.0 Å². The molecule has 0 radical (unpaired) electrons. The van der Waals surface area contributed by atoms with Gasteiger partial charge < -0.3 is 14.5 Å². The van der Waals surface area contributed by atoms with Gasteiger partial charge in [0.1, 0.15) is 17.0 Å². The number of hydrogen-bond acceptors (Lipinski definition) is 5. The topological polar surface area (TPSA) is 60.2 Å². The number of methoxy groups -OCH3 is 1. The number of nitrogens with one attached hydrogen (secondary N) is 1. The normalized spacial score (nSPS) is 11.2. The molecule has 1 N–H and O–H groups in total. The third-order valence-corrected chi connectivity index (χ3v) is 4.24. The van der Waals surface area contributed by atoms with E-state index in [1.807, 2.05) is 37.3 Å². The summed E-state index contributed by atoms with van der Waals surface area (Å²) in [6, 6.07) is 13.4. The van der Waals surface area contributed by atoms with Crippen LogP contribution in [0.1, 0.15) is 6.92 Å². The fourth-order valence-corrected chi connectivity index (χ4v) is 3.01. The van der Waals surface area contributed by atoms with Crippen LogP contribution in [0.4, 0.5) is 5.82 Å². The second-order valence-corrected chi connectivity index (χ2v) is 5.98. The van der Waals surface area contributed by atoms with E-state index in [1.54, 1.807) is 19.2 Å². The summed E-state index contributed by atoms with van der Waals surface area (Å²) in [5.41, 5.74) is 2.86. The minimum atomic E-state index is 0.496. The predicted molar refractivity (Wildman–Crippen MR) is 100 cm³/mol. The van der Waals surface area contributed by atoms with Crippen molar-refractivity contribution < 1.29 is 9.15 Å². The lowest BCUT2D eigenvalue weighted by Crippen LogP contribution is -2.03. The minimum Gasteiger partial charge on any atom is -0.495 e. The molecule has 5 nitrogen and oxygen atoms in total. The molecule has 0 saturated heterocycles. The maximum Gasteiger partial charge on any atom is 0.157 e. The number of aromatic nitrogens is 2. The molecule has 0 aliphatic rings. The maximum absolute atomic E-state index is 6.24. The highest BCUT2D eigenvalue weighted by atomic mass is 35.5. The highest BCUT2D eigenvalue weighted by Crippen LogP contribution is 2.34. The smallest absolute Gasteiger partial charge is 0.157 e. The molecule has 0 unspecified atom stereocenters. The second-order valence-electron chi connectivity index (χ2n) is 5.58. The van der Waals surface area contributed by atoms with Crippen molar-refractivity contribution in [3.05, 3.63) is 47.5 Å². The Morgan fingerprint density at radius 2 is 1.92 bits per heavy atom. The van der Waals surface area contributed by atoms with Gasteiger partial charge in [-0.3, -0.25) is 0 Å². The van der Waals surface area contributed by atoms with Gasteiger partial charge in [-0.15, -0.1) is 0 Å². The van der Waals surface area contributed by atoms with E-state index in [1.165, 1.54) is 0 Å². The molecule has 0 saturated carbocycles. The van der Waals surface area contributed by atoms with E-state index < -0.39 is 0 Å². The number of hydrogen-bond donors (Lipinski definition) is 1. The Morgan fingerprint density at radius 1 is 1.12 bits per heavy atom. The Morgan fingerprint density at radius 3 is 2.68 bits per heavy atom. The van der Waals surface area contributed by atoms with Crippen LogP contribution >= 0.6 is 11.6 Å². The molecule has 4 rings (SSSR count). The van der Waals surface area contributed by atoms with Gasteiger partial charge in [0, 0.05) is 18.0 Å². The Hall–Kier alpha value is -2.79. The molecule has 0 bridgehead atoms. The van der Waals surface area contributed by atoms with Crippen LogP contribution in [-0.2, 0) is 0 Å². The largest absolute Gasteiger partial charge is 0.495 e. The molecule has 0 atom stereocenters. The van der Waals surface area contributed by atoms with E-state index in [9.17, 15) is 0 Å². The van der Waals surface area contributed by atoms with E-state index in [-0.39, 0.29) is 0 Å². The Labute approximate surface area is 149 Å². The molecule has 25 heavy (non-hydrogen) atoms. The first-order valence-electron chi connectivity index (χ1n) is 7.97. The average molecular weight is 354 g/mol. The summed E-state index contributed by atoms with van der Waals surface area (Å²) >= 11 is 6.24. The van der Waals surface area contributed by atoms with Crippen molar-refractivity contribution in [3.63, 3.8) is 0 Å². The van der Waals surface area contributed by atoms with Crippen molar-refractivity contribution in [1.82, 2.24) is 9.97 Å². The number of halogens is 1. The van der Waals surface area contributed by atoms with Crippen LogP contribution < -0.4 is 10.1 Å². The lowest BCUT2D eigenvalue weighted by Gasteiger charge is -2.10. The van der Waals surface area contributed by atoms with Crippen LogP contribution in [0.2, 0.25) is 5.02 Å². The van der Waals surface area contributed by atoms with Gasteiger partial charge in [-0.25, -0.2) is 9.97 Å². The summed E-state index contributed by atoms with van der Waals surface area (Å²) in [4.78, 5) is 9.43. The lowest BCUT2D eigenvalue weighted by atomic mass is 10.2. The molecule has 126 valence electrons. The fourth-order valence-electron chi connectivity index (χ4n) is 2.78. The van der Waals surface area contributed by atoms with E-state index in [0.29, 0.717) is 39.1 Å². The third kappa shape index (κ3) is 2.76. The van der Waals surface area contributed by atoms with Crippen molar-refractivity contribution in [2.24, 2.45) is 0 Å². The van der Waals surface area contributed by atoms with Crippen LogP contribution in [0, 0.1) is 0 Å². The van der Waals surface area contributed by atoms with Crippen molar-refractivity contribution in [1.29, 1.82) is 0 Å². The average Bonchev–Trinajstić information content (AvgIpc) is 3.05. The van der Waals surface area contributed by atoms with Crippen molar-refractivity contribution in [2.45, 2.75) is 6.92 Å². The SMILES string of the molecule is CCNc1nc2cc(OC)c(Cl)cc2nc1-c1cc2ccccc2o1. The van der Waals surface area contributed by atoms with Gasteiger partial charge >= 0.3 is 0 Å². The van der Waals surface area contributed by atoms with Crippen molar-refractivity contribution in [3.8, 4) is 17.2 Å². The summed E-state index contributed by atoms with van der Waals surface area (Å²) in [6.07, 6.45) is 0. The molecule has 4 aromatic rings. The van der Waals surface area contributed by atoms with Gasteiger partial charge in [-0.1, -0.05) is 29.8 Å². The van der Waals surface area contributed by atoms with E-state index in [0.717, 1.165) is 17.5 Å². The number of benzene rings is 2. The van der Waals surface area contributed by atoms with Gasteiger partial charge in [-0.05, 0) is 25.1 Å². The number of para-hydroxylation sites is 1. The molecule has 2 aromatic heterocycles. The van der Waals surface area contributed by atoms with Crippen LogP contribution in [0.25, 0.3) is 33.5 Å². The summed E-state index contributed by atoms with van der Waals surface area (Å²) in [5.74, 6) is 1.90. The lowest BCUT2D eigenvalue weighted by molar-refractivity contribution is 0.415. The van der Waals surface area contributed by atoms with Gasteiger partial charge in [0.05, 0.1) is 23.2 Å². The van der Waals surface area contributed by atoms with Crippen LogP contribution in [0.15, 0.2) is 46.9 Å². The standard InChI is InChI=1S/C19H16ClN3O2/c1-3-21-19-18(17-8-11-6-4-5-7-15(11)25-17)22-13-9-12(20)16(24-2)10-14(13)23-19/h4-10H,3H2,1-2H3,(H,21,23). The summed E-state index contributed by atoms with van der Waals surface area (Å²) in [7, 11) is 1.58. The first-order chi connectivity index (χ1) is 12.2. The maximum atomic E-state index is 6.24. The molecule has 0 amide bonds. The molecule has 6 heteroatoms. The quantitative estimate of drug-likeness (QED) is 0.550. The second kappa shape index (κ2) is 6.26. The van der Waals surface area contributed by atoms with Crippen LogP contribution in [0.5, 0.6) is 5.75 Å². The van der Waals surface area contributed by atoms with E-state index >= 15 is 0 Å². The molecule has 0 spiro atoms. The molecular formula is C19H16ClN3O2. The molecule has 2 aromatic carbocycles. The zero-order valence-electron chi connectivity index (χ0n) is 13.8. The number of fused-ring (bicyclic) bond motifs is 2. The number of furan rings is 1. The fraction of sp³-hybridized carbons (Fsp3) is 0.158. The zero-order chi connectivity index (χ0) is 17.4. The number of rotatable bonds is 4. The van der Waals surface area contributed by atoms with Gasteiger partial charge in [0.2, 0.25) is 0 Å². The zero-order valence-corrected chi connectivity index (χ0v) is 14.6. The van der Waals surface area contributed by atoms with Crippen LogP contribution in [-0.4, -0.2) is 23.6 Å². The molecule has 0 aliphatic carbocycles. The van der Waals surface area contributed by atoms with Crippen LogP contribution in [0.3, 0.4) is 0 Å². The predicted octanol–water partition coefficient (Wildman–Crippen LogP) is 5.14. The molecular weight excluding hydrogens is 338 g/mol. The Kier molecular flexibility index (Phi) is 3.93. The number of nitrogens with zero attached hydrogens (tertiary/aromatic N) is 2. The minimum absolute atomic E-state index is 0.496. The number of anilines is 1. The first kappa shape index (κ1) is 15.7. The Balaban J connectivity index is 1.95. The highest BCUT2D eigenvalue weighted by Gasteiger charge is 2.16. The first-order valence-corrected chi connectivity index (χ1v) is 8.35. The molecule has 0 fully saturated rings. The molecule has 2 heterocycles.